The number of likely N-dealkylation sites (tertiary alicyclic amines) is 1. The van der Waals surface area contributed by atoms with Crippen LogP contribution in [0.3, 0.4) is 0 Å². The Balaban J connectivity index is 1.80. The van der Waals surface area contributed by atoms with Crippen LogP contribution >= 0.6 is 0 Å². The van der Waals surface area contributed by atoms with Gasteiger partial charge in [-0.2, -0.15) is 5.26 Å². The second-order valence-electron chi connectivity index (χ2n) is 5.61. The second kappa shape index (κ2) is 6.69. The summed E-state index contributed by atoms with van der Waals surface area (Å²) in [6.07, 6.45) is 0. The number of aliphatic hydroxyl groups excluding tert-OH is 1. The van der Waals surface area contributed by atoms with Gasteiger partial charge in [0.2, 0.25) is 0 Å². The van der Waals surface area contributed by atoms with E-state index in [0.717, 1.165) is 5.56 Å². The van der Waals surface area contributed by atoms with Crippen molar-refractivity contribution in [2.75, 3.05) is 11.9 Å². The summed E-state index contributed by atoms with van der Waals surface area (Å²) in [6, 6.07) is 15.3. The third kappa shape index (κ3) is 2.82. The summed E-state index contributed by atoms with van der Waals surface area (Å²) in [5.74, 6) is -0.714. The molecule has 3 rings (SSSR count). The van der Waals surface area contributed by atoms with E-state index in [1.165, 1.54) is 23.1 Å². The van der Waals surface area contributed by atoms with Gasteiger partial charge in [0.25, 0.3) is 0 Å². The summed E-state index contributed by atoms with van der Waals surface area (Å²) in [5.41, 5.74) is 1.20. The van der Waals surface area contributed by atoms with Crippen LogP contribution in [-0.4, -0.2) is 34.7 Å². The largest absolute Gasteiger partial charge is 0.394 e. The summed E-state index contributed by atoms with van der Waals surface area (Å²) in [5, 5.41) is 21.7. The maximum atomic E-state index is 13.2. The molecule has 5 nitrogen and oxygen atoms in total. The highest BCUT2D eigenvalue weighted by Crippen LogP contribution is 2.40. The first-order valence-corrected chi connectivity index (χ1v) is 7.56. The fraction of sp³-hybridized carbons (Fsp3) is 0.222. The van der Waals surface area contributed by atoms with Crippen molar-refractivity contribution in [2.45, 2.75) is 18.0 Å². The van der Waals surface area contributed by atoms with Gasteiger partial charge in [0.1, 0.15) is 11.9 Å². The Morgan fingerprint density at radius 3 is 2.62 bits per heavy atom. The van der Waals surface area contributed by atoms with Crippen LogP contribution in [0.15, 0.2) is 54.6 Å². The molecule has 3 atom stereocenters. The topological polar surface area (TPSA) is 76.4 Å². The maximum Gasteiger partial charge on any atom is 0.323 e. The minimum Gasteiger partial charge on any atom is -0.394 e. The minimum absolute atomic E-state index is 0.251. The number of carbonyl (C=O) groups is 1. The molecule has 6 heteroatoms. The predicted octanol–water partition coefficient (Wildman–Crippen LogP) is 2.71. The van der Waals surface area contributed by atoms with E-state index in [-0.39, 0.29) is 12.5 Å². The van der Waals surface area contributed by atoms with Gasteiger partial charge in [-0.25, -0.2) is 9.18 Å². The Labute approximate surface area is 138 Å². The average Bonchev–Trinajstić information content (AvgIpc) is 2.55. The van der Waals surface area contributed by atoms with E-state index in [9.17, 15) is 19.6 Å². The number of aliphatic hydroxyl groups is 1. The third-order valence-electron chi connectivity index (χ3n) is 4.23. The van der Waals surface area contributed by atoms with Crippen molar-refractivity contribution in [3.63, 3.8) is 0 Å². The van der Waals surface area contributed by atoms with Gasteiger partial charge in [-0.15, -0.1) is 0 Å². The van der Waals surface area contributed by atoms with E-state index in [1.807, 2.05) is 30.3 Å². The molecule has 0 unspecified atom stereocenters. The van der Waals surface area contributed by atoms with Gasteiger partial charge in [0.15, 0.2) is 0 Å². The van der Waals surface area contributed by atoms with Crippen molar-refractivity contribution in [2.24, 2.45) is 0 Å². The van der Waals surface area contributed by atoms with Crippen LogP contribution in [0.5, 0.6) is 0 Å². The lowest BCUT2D eigenvalue weighted by molar-refractivity contribution is 0.0224. The molecule has 0 saturated carbocycles. The Morgan fingerprint density at radius 1 is 1.25 bits per heavy atom. The molecule has 0 aliphatic carbocycles. The number of nitrogens with one attached hydrogen (secondary N) is 1. The summed E-state index contributed by atoms with van der Waals surface area (Å²) >= 11 is 0. The van der Waals surface area contributed by atoms with Crippen LogP contribution in [0.2, 0.25) is 0 Å². The number of amides is 2. The quantitative estimate of drug-likeness (QED) is 0.911. The molecule has 1 aliphatic rings. The lowest BCUT2D eigenvalue weighted by Gasteiger charge is -2.51. The molecule has 24 heavy (non-hydrogen) atoms. The monoisotopic (exact) mass is 325 g/mol. The number of benzene rings is 2. The molecule has 1 aliphatic heterocycles. The summed E-state index contributed by atoms with van der Waals surface area (Å²) in [4.78, 5) is 13.8. The number of anilines is 1. The molecule has 2 N–H and O–H groups in total. The number of halogens is 1. The first-order valence-electron chi connectivity index (χ1n) is 7.56. The standard InChI is InChI=1S/C18H16FN3O2/c19-13-7-4-8-14(9-13)21-18(24)22-15(10-20)17(16(22)11-23)12-5-2-1-3-6-12/h1-9,15-17,23H,11H2,(H,21,24)/t15-,16+,17+/m0/s1. The SMILES string of the molecule is N#C[C@H]1[C@@H](c2ccccc2)[C@@H](CO)N1C(=O)Nc1cccc(F)c1. The van der Waals surface area contributed by atoms with E-state index in [4.69, 9.17) is 0 Å². The van der Waals surface area contributed by atoms with Crippen LogP contribution < -0.4 is 5.32 Å². The molecule has 0 radical (unpaired) electrons. The second-order valence-corrected chi connectivity index (χ2v) is 5.61. The van der Waals surface area contributed by atoms with Gasteiger partial charge < -0.3 is 15.3 Å². The van der Waals surface area contributed by atoms with Gasteiger partial charge in [-0.05, 0) is 23.8 Å². The molecule has 1 heterocycles. The van der Waals surface area contributed by atoms with Crippen LogP contribution in [0.1, 0.15) is 11.5 Å². The molecule has 2 aromatic rings. The van der Waals surface area contributed by atoms with Crippen LogP contribution in [0, 0.1) is 17.1 Å². The molecule has 1 saturated heterocycles. The summed E-state index contributed by atoms with van der Waals surface area (Å²) in [7, 11) is 0. The minimum atomic E-state index is -0.682. The van der Waals surface area contributed by atoms with Crippen molar-refractivity contribution in [1.29, 1.82) is 5.26 Å². The van der Waals surface area contributed by atoms with Crippen molar-refractivity contribution in [1.82, 2.24) is 4.90 Å². The van der Waals surface area contributed by atoms with Gasteiger partial charge in [0.05, 0.1) is 18.7 Å². The first-order chi connectivity index (χ1) is 11.7. The van der Waals surface area contributed by atoms with Gasteiger partial charge in [-0.3, -0.25) is 0 Å². The highest BCUT2D eigenvalue weighted by atomic mass is 19.1. The maximum absolute atomic E-state index is 13.2. The Hall–Kier alpha value is -2.91. The number of urea groups is 1. The Bertz CT molecular complexity index is 775. The van der Waals surface area contributed by atoms with Crippen LogP contribution in [0.4, 0.5) is 14.9 Å². The Kier molecular flexibility index (Phi) is 4.45. The van der Waals surface area contributed by atoms with Crippen LogP contribution in [-0.2, 0) is 0 Å². The summed E-state index contributed by atoms with van der Waals surface area (Å²) in [6.45, 7) is -0.256. The van der Waals surface area contributed by atoms with Gasteiger partial charge >= 0.3 is 6.03 Å². The zero-order valence-corrected chi connectivity index (χ0v) is 12.8. The fourth-order valence-corrected chi connectivity index (χ4v) is 3.12. The van der Waals surface area contributed by atoms with Crippen molar-refractivity contribution >= 4 is 11.7 Å². The molecule has 0 aromatic heterocycles. The molecular formula is C18H16FN3O2. The van der Waals surface area contributed by atoms with Gasteiger partial charge in [0, 0.05) is 11.6 Å². The Morgan fingerprint density at radius 2 is 2.00 bits per heavy atom. The number of nitriles is 1. The molecule has 2 aromatic carbocycles. The molecule has 1 fully saturated rings. The molecule has 0 bridgehead atoms. The van der Waals surface area contributed by atoms with E-state index < -0.39 is 23.9 Å². The molecule has 122 valence electrons. The molecule has 2 amide bonds. The lowest BCUT2D eigenvalue weighted by atomic mass is 9.76. The van der Waals surface area contributed by atoms with Crippen molar-refractivity contribution < 1.29 is 14.3 Å². The molecular weight excluding hydrogens is 309 g/mol. The number of rotatable bonds is 3. The smallest absolute Gasteiger partial charge is 0.323 e. The molecule has 0 spiro atoms. The van der Waals surface area contributed by atoms with E-state index in [0.29, 0.717) is 5.69 Å². The zero-order valence-electron chi connectivity index (χ0n) is 12.8. The first kappa shape index (κ1) is 16.0. The normalized spacial score (nSPS) is 22.4. The van der Waals surface area contributed by atoms with E-state index >= 15 is 0 Å². The lowest BCUT2D eigenvalue weighted by Crippen LogP contribution is -2.66. The summed E-state index contributed by atoms with van der Waals surface area (Å²) < 4.78 is 13.2. The van der Waals surface area contributed by atoms with E-state index in [1.54, 1.807) is 6.07 Å². The highest BCUT2D eigenvalue weighted by molar-refractivity contribution is 5.91. The number of hydrogen-bond acceptors (Lipinski definition) is 3. The van der Waals surface area contributed by atoms with Crippen molar-refractivity contribution in [3.8, 4) is 6.07 Å². The number of carbonyl (C=O) groups excluding carboxylic acids is 1. The number of hydrogen-bond donors (Lipinski definition) is 2. The zero-order chi connectivity index (χ0) is 17.1. The fourth-order valence-electron chi connectivity index (χ4n) is 3.12. The predicted molar refractivity (Wildman–Crippen MR) is 86.7 cm³/mol. The van der Waals surface area contributed by atoms with E-state index in [2.05, 4.69) is 11.4 Å². The van der Waals surface area contributed by atoms with Gasteiger partial charge in [-0.1, -0.05) is 36.4 Å². The van der Waals surface area contributed by atoms with Crippen molar-refractivity contribution in [3.05, 3.63) is 66.0 Å². The third-order valence-corrected chi connectivity index (χ3v) is 4.23. The number of nitrogens with zero attached hydrogens (tertiary/aromatic N) is 2. The van der Waals surface area contributed by atoms with Crippen LogP contribution in [0.25, 0.3) is 0 Å². The highest BCUT2D eigenvalue weighted by Gasteiger charge is 2.51. The average molecular weight is 325 g/mol.